The number of nitrogens with one attached hydrogen (secondary N) is 1. The number of fused-ring (bicyclic) bond motifs is 1. The molecule has 2 N–H and O–H groups in total. The monoisotopic (exact) mass is 265 g/mol. The summed E-state index contributed by atoms with van der Waals surface area (Å²) in [6.45, 7) is 2.07. The van der Waals surface area contributed by atoms with Crippen molar-refractivity contribution in [1.29, 1.82) is 0 Å². The van der Waals surface area contributed by atoms with Gasteiger partial charge in [0.05, 0.1) is 0 Å². The molecular weight excluding hydrogens is 250 g/mol. The Labute approximate surface area is 116 Å². The van der Waals surface area contributed by atoms with Gasteiger partial charge in [-0.3, -0.25) is 0 Å². The number of carbonyl (C=O) groups is 1. The second-order valence-electron chi connectivity index (χ2n) is 4.74. The maximum atomic E-state index is 11.5. The molecule has 3 aromatic rings. The molecule has 1 aromatic heterocycles. The van der Waals surface area contributed by atoms with Gasteiger partial charge in [0, 0.05) is 16.5 Å². The van der Waals surface area contributed by atoms with E-state index < -0.39 is 5.97 Å². The molecule has 0 aliphatic heterocycles. The van der Waals surface area contributed by atoms with E-state index in [0.29, 0.717) is 0 Å². The Kier molecular flexibility index (Phi) is 3.03. The van der Waals surface area contributed by atoms with Crippen LogP contribution in [-0.4, -0.2) is 16.1 Å². The van der Waals surface area contributed by atoms with Crippen LogP contribution in [0.2, 0.25) is 0 Å². The van der Waals surface area contributed by atoms with Crippen LogP contribution in [0.3, 0.4) is 0 Å². The zero-order valence-corrected chi connectivity index (χ0v) is 11.2. The first-order valence-corrected chi connectivity index (χ1v) is 6.64. The Morgan fingerprint density at radius 3 is 2.50 bits per heavy atom. The first kappa shape index (κ1) is 12.5. The van der Waals surface area contributed by atoms with Crippen LogP contribution >= 0.6 is 0 Å². The number of hydrogen-bond donors (Lipinski definition) is 2. The van der Waals surface area contributed by atoms with Crippen LogP contribution < -0.4 is 0 Å². The van der Waals surface area contributed by atoms with E-state index in [1.165, 1.54) is 0 Å². The highest BCUT2D eigenvalue weighted by atomic mass is 16.4. The van der Waals surface area contributed by atoms with E-state index in [4.69, 9.17) is 0 Å². The third-order valence-corrected chi connectivity index (χ3v) is 3.58. The third kappa shape index (κ3) is 1.88. The summed E-state index contributed by atoms with van der Waals surface area (Å²) in [5.41, 5.74) is 4.00. The number of H-pyrrole nitrogens is 1. The number of aromatic amines is 1. The third-order valence-electron chi connectivity index (χ3n) is 3.58. The zero-order chi connectivity index (χ0) is 14.1. The van der Waals surface area contributed by atoms with Gasteiger partial charge >= 0.3 is 5.97 Å². The Balaban J connectivity index is 2.40. The molecule has 3 heteroatoms. The molecule has 0 bridgehead atoms. The van der Waals surface area contributed by atoms with E-state index >= 15 is 0 Å². The Morgan fingerprint density at radius 1 is 1.10 bits per heavy atom. The van der Waals surface area contributed by atoms with Gasteiger partial charge in [-0.15, -0.1) is 0 Å². The molecule has 0 aliphatic rings. The second kappa shape index (κ2) is 4.85. The van der Waals surface area contributed by atoms with Gasteiger partial charge in [0.25, 0.3) is 0 Å². The van der Waals surface area contributed by atoms with Gasteiger partial charge in [-0.05, 0) is 17.5 Å². The molecule has 20 heavy (non-hydrogen) atoms. The highest BCUT2D eigenvalue weighted by molar-refractivity contribution is 6.08. The van der Waals surface area contributed by atoms with Crippen LogP contribution in [0.25, 0.3) is 22.0 Å². The standard InChI is InChI=1S/C17H15NO2/c1-2-11-9-6-10-13-14(12-7-4-3-5-8-12)16(17(19)20)18-15(11)13/h3-10,18H,2H2,1H3,(H,19,20). The lowest BCUT2D eigenvalue weighted by Gasteiger charge is -2.02. The van der Waals surface area contributed by atoms with Crippen LogP contribution in [0.5, 0.6) is 0 Å². The highest BCUT2D eigenvalue weighted by Gasteiger charge is 2.19. The number of para-hydroxylation sites is 1. The molecule has 3 nitrogen and oxygen atoms in total. The number of aryl methyl sites for hydroxylation is 1. The molecule has 0 saturated carbocycles. The van der Waals surface area contributed by atoms with Crippen molar-refractivity contribution < 1.29 is 9.90 Å². The summed E-state index contributed by atoms with van der Waals surface area (Å²) in [4.78, 5) is 14.6. The van der Waals surface area contributed by atoms with Crippen molar-refractivity contribution in [2.75, 3.05) is 0 Å². The van der Waals surface area contributed by atoms with Crippen LogP contribution in [-0.2, 0) is 6.42 Å². The summed E-state index contributed by atoms with van der Waals surface area (Å²) in [5, 5.41) is 10.4. The molecule has 0 amide bonds. The number of carboxylic acids is 1. The first-order chi connectivity index (χ1) is 9.72. The minimum absolute atomic E-state index is 0.257. The second-order valence-corrected chi connectivity index (χ2v) is 4.74. The normalized spacial score (nSPS) is 10.8. The lowest BCUT2D eigenvalue weighted by molar-refractivity contribution is 0.0692. The summed E-state index contributed by atoms with van der Waals surface area (Å²) < 4.78 is 0. The fourth-order valence-electron chi connectivity index (χ4n) is 2.64. The van der Waals surface area contributed by atoms with Gasteiger partial charge in [0.15, 0.2) is 0 Å². The fourth-order valence-corrected chi connectivity index (χ4v) is 2.64. The molecular formula is C17H15NO2. The lowest BCUT2D eigenvalue weighted by Crippen LogP contribution is -1.98. The topological polar surface area (TPSA) is 53.1 Å². The van der Waals surface area contributed by atoms with Crippen LogP contribution in [0, 0.1) is 0 Å². The van der Waals surface area contributed by atoms with Gasteiger partial charge in [-0.2, -0.15) is 0 Å². The van der Waals surface area contributed by atoms with E-state index in [1.807, 2.05) is 48.5 Å². The number of benzene rings is 2. The van der Waals surface area contributed by atoms with Gasteiger partial charge < -0.3 is 10.1 Å². The van der Waals surface area contributed by atoms with E-state index in [-0.39, 0.29) is 5.69 Å². The summed E-state index contributed by atoms with van der Waals surface area (Å²) in [6, 6.07) is 15.6. The SMILES string of the molecule is CCc1cccc2c(-c3ccccc3)c(C(=O)O)[nH]c12. The van der Waals surface area contributed by atoms with Crippen molar-refractivity contribution in [3.63, 3.8) is 0 Å². The van der Waals surface area contributed by atoms with Crippen LogP contribution in [0.4, 0.5) is 0 Å². The molecule has 0 atom stereocenters. The van der Waals surface area contributed by atoms with Crippen molar-refractivity contribution in [3.8, 4) is 11.1 Å². The lowest BCUT2D eigenvalue weighted by atomic mass is 10.00. The summed E-state index contributed by atoms with van der Waals surface area (Å²) >= 11 is 0. The average Bonchev–Trinajstić information content (AvgIpc) is 2.87. The Hall–Kier alpha value is -2.55. The van der Waals surface area contributed by atoms with Crippen molar-refractivity contribution >= 4 is 16.9 Å². The average molecular weight is 265 g/mol. The van der Waals surface area contributed by atoms with Gasteiger partial charge in [-0.1, -0.05) is 55.5 Å². The summed E-state index contributed by atoms with van der Waals surface area (Å²) in [6.07, 6.45) is 0.866. The largest absolute Gasteiger partial charge is 0.477 e. The van der Waals surface area contributed by atoms with Crippen molar-refractivity contribution in [2.24, 2.45) is 0 Å². The quantitative estimate of drug-likeness (QED) is 0.749. The molecule has 100 valence electrons. The number of carboxylic acid groups (broad SMARTS) is 1. The smallest absolute Gasteiger partial charge is 0.352 e. The molecule has 0 radical (unpaired) electrons. The minimum atomic E-state index is -0.929. The molecule has 0 saturated heterocycles. The van der Waals surface area contributed by atoms with Crippen molar-refractivity contribution in [2.45, 2.75) is 13.3 Å². The molecule has 0 unspecified atom stereocenters. The van der Waals surface area contributed by atoms with Crippen molar-refractivity contribution in [1.82, 2.24) is 4.98 Å². The van der Waals surface area contributed by atoms with E-state index in [9.17, 15) is 9.90 Å². The van der Waals surface area contributed by atoms with Crippen molar-refractivity contribution in [3.05, 3.63) is 59.8 Å². The summed E-state index contributed by atoms with van der Waals surface area (Å²) in [5.74, 6) is -0.929. The van der Waals surface area contributed by atoms with Gasteiger partial charge in [0.2, 0.25) is 0 Å². The predicted octanol–water partition coefficient (Wildman–Crippen LogP) is 4.10. The van der Waals surface area contributed by atoms with Gasteiger partial charge in [0.1, 0.15) is 5.69 Å². The maximum absolute atomic E-state index is 11.5. The first-order valence-electron chi connectivity index (χ1n) is 6.64. The Morgan fingerprint density at radius 2 is 1.85 bits per heavy atom. The Bertz CT molecular complexity index is 772. The molecule has 0 aliphatic carbocycles. The number of hydrogen-bond acceptors (Lipinski definition) is 1. The molecule has 3 rings (SSSR count). The minimum Gasteiger partial charge on any atom is -0.477 e. The molecule has 1 heterocycles. The number of aromatic nitrogens is 1. The highest BCUT2D eigenvalue weighted by Crippen LogP contribution is 2.34. The number of rotatable bonds is 3. The van der Waals surface area contributed by atoms with E-state index in [0.717, 1.165) is 34.0 Å². The van der Waals surface area contributed by atoms with Crippen LogP contribution in [0.1, 0.15) is 23.0 Å². The van der Waals surface area contributed by atoms with E-state index in [1.54, 1.807) is 0 Å². The fraction of sp³-hybridized carbons (Fsp3) is 0.118. The molecule has 0 fully saturated rings. The zero-order valence-electron chi connectivity index (χ0n) is 11.2. The molecule has 2 aromatic carbocycles. The van der Waals surface area contributed by atoms with E-state index in [2.05, 4.69) is 11.9 Å². The van der Waals surface area contributed by atoms with Crippen LogP contribution in [0.15, 0.2) is 48.5 Å². The number of aromatic carboxylic acids is 1. The predicted molar refractivity (Wildman–Crippen MR) is 80.1 cm³/mol. The van der Waals surface area contributed by atoms with Gasteiger partial charge in [-0.25, -0.2) is 4.79 Å². The molecule has 0 spiro atoms. The summed E-state index contributed by atoms with van der Waals surface area (Å²) in [7, 11) is 0. The maximum Gasteiger partial charge on any atom is 0.352 e.